The zero-order valence-electron chi connectivity index (χ0n) is 13.2. The van der Waals surface area contributed by atoms with E-state index in [1.54, 1.807) is 24.4 Å². The summed E-state index contributed by atoms with van der Waals surface area (Å²) in [7, 11) is 0. The Bertz CT molecular complexity index is 805. The number of carbonyl (C=O) groups excluding carboxylic acids is 1. The van der Waals surface area contributed by atoms with Gasteiger partial charge in [0.05, 0.1) is 5.02 Å². The van der Waals surface area contributed by atoms with Gasteiger partial charge in [0.15, 0.2) is 0 Å². The third kappa shape index (κ3) is 3.71. The number of pyridine rings is 1. The van der Waals surface area contributed by atoms with Crippen LogP contribution in [0.4, 0.5) is 11.5 Å². The lowest BCUT2D eigenvalue weighted by molar-refractivity contribution is -0.113. The summed E-state index contributed by atoms with van der Waals surface area (Å²) in [6, 6.07) is 9.07. The van der Waals surface area contributed by atoms with Crippen LogP contribution >= 0.6 is 23.2 Å². The maximum Gasteiger partial charge on any atom is 0.251 e. The molecule has 0 saturated carbocycles. The van der Waals surface area contributed by atoms with Crippen molar-refractivity contribution in [2.75, 3.05) is 23.3 Å². The summed E-state index contributed by atoms with van der Waals surface area (Å²) < 4.78 is 0. The van der Waals surface area contributed by atoms with Crippen molar-refractivity contribution in [3.63, 3.8) is 0 Å². The number of nitrogens with zero attached hydrogens (tertiary/aromatic N) is 2. The van der Waals surface area contributed by atoms with Crippen molar-refractivity contribution in [2.24, 2.45) is 0 Å². The van der Waals surface area contributed by atoms with Gasteiger partial charge in [-0.3, -0.25) is 4.79 Å². The monoisotopic (exact) mass is 361 g/mol. The minimum Gasteiger partial charge on any atom is -0.351 e. The summed E-state index contributed by atoms with van der Waals surface area (Å²) in [6.07, 6.45) is 4.29. The SMILES string of the molecule is Cc1cc(NC(=O)C2=CCN(c3ncccc3Cl)CC2)ccc1Cl. The van der Waals surface area contributed by atoms with E-state index in [2.05, 4.69) is 15.2 Å². The highest BCUT2D eigenvalue weighted by Crippen LogP contribution is 2.26. The summed E-state index contributed by atoms with van der Waals surface area (Å²) in [5, 5.41) is 4.23. The van der Waals surface area contributed by atoms with Crippen LogP contribution in [0.3, 0.4) is 0 Å². The van der Waals surface area contributed by atoms with Crippen molar-refractivity contribution < 1.29 is 4.79 Å². The third-order valence-corrected chi connectivity index (χ3v) is 4.67. The van der Waals surface area contributed by atoms with Gasteiger partial charge in [0.25, 0.3) is 5.91 Å². The molecule has 0 fully saturated rings. The first-order valence-corrected chi connectivity index (χ1v) is 8.42. The highest BCUT2D eigenvalue weighted by molar-refractivity contribution is 6.33. The normalized spacial score (nSPS) is 14.3. The number of carbonyl (C=O) groups is 1. The van der Waals surface area contributed by atoms with Crippen molar-refractivity contribution >= 4 is 40.6 Å². The molecule has 1 N–H and O–H groups in total. The summed E-state index contributed by atoms with van der Waals surface area (Å²) in [4.78, 5) is 18.8. The van der Waals surface area contributed by atoms with E-state index in [1.807, 2.05) is 25.1 Å². The lowest BCUT2D eigenvalue weighted by Crippen LogP contribution is -2.32. The van der Waals surface area contributed by atoms with E-state index in [1.165, 1.54) is 0 Å². The molecule has 0 atom stereocenters. The Morgan fingerprint density at radius 3 is 2.75 bits per heavy atom. The fourth-order valence-electron chi connectivity index (χ4n) is 2.61. The lowest BCUT2D eigenvalue weighted by Gasteiger charge is -2.27. The van der Waals surface area contributed by atoms with Crippen LogP contribution < -0.4 is 10.2 Å². The topological polar surface area (TPSA) is 45.2 Å². The van der Waals surface area contributed by atoms with Crippen LogP contribution in [0.1, 0.15) is 12.0 Å². The molecule has 24 heavy (non-hydrogen) atoms. The van der Waals surface area contributed by atoms with E-state index in [4.69, 9.17) is 23.2 Å². The molecule has 1 aliphatic rings. The Morgan fingerprint density at radius 1 is 1.25 bits per heavy atom. The van der Waals surface area contributed by atoms with E-state index in [9.17, 15) is 4.79 Å². The van der Waals surface area contributed by atoms with E-state index in [0.717, 1.165) is 22.6 Å². The second kappa shape index (κ2) is 7.24. The Morgan fingerprint density at radius 2 is 2.08 bits per heavy atom. The summed E-state index contributed by atoms with van der Waals surface area (Å²) in [5.41, 5.74) is 2.45. The second-order valence-corrected chi connectivity index (χ2v) is 6.47. The first-order valence-electron chi connectivity index (χ1n) is 7.66. The molecular weight excluding hydrogens is 345 g/mol. The summed E-state index contributed by atoms with van der Waals surface area (Å²) in [5.74, 6) is 0.673. The number of benzene rings is 1. The smallest absolute Gasteiger partial charge is 0.251 e. The molecule has 0 bridgehead atoms. The molecule has 1 aromatic heterocycles. The lowest BCUT2D eigenvalue weighted by atomic mass is 10.1. The van der Waals surface area contributed by atoms with E-state index >= 15 is 0 Å². The maximum absolute atomic E-state index is 12.4. The standard InChI is InChI=1S/C18H17Cl2N3O/c1-12-11-14(4-5-15(12)19)22-18(24)13-6-9-23(10-7-13)17-16(20)3-2-8-21-17/h2-6,8,11H,7,9-10H2,1H3,(H,22,24). The number of rotatable bonds is 3. The number of aromatic nitrogens is 1. The van der Waals surface area contributed by atoms with E-state index in [0.29, 0.717) is 29.6 Å². The Labute approximate surface area is 151 Å². The average molecular weight is 362 g/mol. The number of amides is 1. The van der Waals surface area contributed by atoms with Crippen molar-refractivity contribution in [1.82, 2.24) is 4.98 Å². The first-order chi connectivity index (χ1) is 11.5. The van der Waals surface area contributed by atoms with E-state index < -0.39 is 0 Å². The van der Waals surface area contributed by atoms with Crippen molar-refractivity contribution in [3.05, 3.63) is 63.8 Å². The molecule has 3 rings (SSSR count). The van der Waals surface area contributed by atoms with Gasteiger partial charge < -0.3 is 10.2 Å². The number of aryl methyl sites for hydroxylation is 1. The number of nitrogens with one attached hydrogen (secondary N) is 1. The van der Waals surface area contributed by atoms with Gasteiger partial charge in [-0.15, -0.1) is 0 Å². The molecule has 4 nitrogen and oxygen atoms in total. The zero-order chi connectivity index (χ0) is 17.1. The van der Waals surface area contributed by atoms with Crippen LogP contribution in [-0.2, 0) is 4.79 Å². The van der Waals surface area contributed by atoms with Gasteiger partial charge in [-0.25, -0.2) is 4.98 Å². The quantitative estimate of drug-likeness (QED) is 0.876. The number of halogens is 2. The van der Waals surface area contributed by atoms with Crippen molar-refractivity contribution in [1.29, 1.82) is 0 Å². The van der Waals surface area contributed by atoms with Gasteiger partial charge in [-0.2, -0.15) is 0 Å². The summed E-state index contributed by atoms with van der Waals surface area (Å²) >= 11 is 12.2. The van der Waals surface area contributed by atoms with Gasteiger partial charge in [-0.05, 0) is 49.2 Å². The minimum atomic E-state index is -0.0801. The molecule has 124 valence electrons. The van der Waals surface area contributed by atoms with Crippen LogP contribution in [0.2, 0.25) is 10.0 Å². The molecule has 1 amide bonds. The maximum atomic E-state index is 12.4. The number of anilines is 2. The second-order valence-electron chi connectivity index (χ2n) is 5.65. The van der Waals surface area contributed by atoms with Crippen LogP contribution in [-0.4, -0.2) is 24.0 Å². The Balaban J connectivity index is 1.67. The van der Waals surface area contributed by atoms with E-state index in [-0.39, 0.29) is 5.91 Å². The van der Waals surface area contributed by atoms with Gasteiger partial charge in [-0.1, -0.05) is 29.3 Å². The predicted octanol–water partition coefficient (Wildman–Crippen LogP) is 4.47. The number of hydrogen-bond acceptors (Lipinski definition) is 3. The van der Waals surface area contributed by atoms with Gasteiger partial charge in [0.1, 0.15) is 5.82 Å². The molecule has 1 aromatic carbocycles. The Hall–Kier alpha value is -2.04. The Kier molecular flexibility index (Phi) is 5.07. The summed E-state index contributed by atoms with van der Waals surface area (Å²) in [6.45, 7) is 3.22. The molecule has 0 spiro atoms. The first kappa shape index (κ1) is 16.8. The molecule has 6 heteroatoms. The van der Waals surface area contributed by atoms with Crippen molar-refractivity contribution in [2.45, 2.75) is 13.3 Å². The molecule has 2 aromatic rings. The molecule has 0 saturated heterocycles. The van der Waals surface area contributed by atoms with Gasteiger partial charge >= 0.3 is 0 Å². The third-order valence-electron chi connectivity index (χ3n) is 3.96. The number of hydrogen-bond donors (Lipinski definition) is 1. The zero-order valence-corrected chi connectivity index (χ0v) is 14.7. The van der Waals surface area contributed by atoms with Gasteiger partial charge in [0.2, 0.25) is 0 Å². The molecular formula is C18H17Cl2N3O. The molecule has 1 aliphatic heterocycles. The van der Waals surface area contributed by atoms with Crippen LogP contribution in [0, 0.1) is 6.92 Å². The predicted molar refractivity (Wildman–Crippen MR) is 99.0 cm³/mol. The minimum absolute atomic E-state index is 0.0801. The largest absolute Gasteiger partial charge is 0.351 e. The highest BCUT2D eigenvalue weighted by Gasteiger charge is 2.19. The molecule has 2 heterocycles. The molecule has 0 unspecified atom stereocenters. The fraction of sp³-hybridized carbons (Fsp3) is 0.222. The van der Waals surface area contributed by atoms with Crippen LogP contribution in [0.25, 0.3) is 0 Å². The van der Waals surface area contributed by atoms with Crippen molar-refractivity contribution in [3.8, 4) is 0 Å². The van der Waals surface area contributed by atoms with Crippen LogP contribution in [0.5, 0.6) is 0 Å². The average Bonchev–Trinajstić information content (AvgIpc) is 2.59. The highest BCUT2D eigenvalue weighted by atomic mass is 35.5. The molecule has 0 radical (unpaired) electrons. The molecule has 0 aliphatic carbocycles. The van der Waals surface area contributed by atoms with Gasteiger partial charge in [0, 0.05) is 35.6 Å². The van der Waals surface area contributed by atoms with Crippen LogP contribution in [0.15, 0.2) is 48.2 Å². The fourth-order valence-corrected chi connectivity index (χ4v) is 2.97.